The lowest BCUT2D eigenvalue weighted by Crippen LogP contribution is -2.46. The molecular formula is C31H30F3N3O. The number of methoxy groups -OCH3 is 1. The SMILES string of the molecule is COc1ccc2c(c1)CCCC(c1ccccc1C(F)F)=C2c1ccn2cc(CN3CC(CF)C3)nc2c1. The van der Waals surface area contributed by atoms with Crippen LogP contribution in [0.3, 0.4) is 0 Å². The lowest BCUT2D eigenvalue weighted by molar-refractivity contribution is 0.0727. The van der Waals surface area contributed by atoms with Gasteiger partial charge in [-0.25, -0.2) is 13.8 Å². The first kappa shape index (κ1) is 24.7. The number of halogens is 3. The van der Waals surface area contributed by atoms with Crippen molar-refractivity contribution < 1.29 is 17.9 Å². The Morgan fingerprint density at radius 2 is 1.87 bits per heavy atom. The van der Waals surface area contributed by atoms with Crippen LogP contribution in [-0.4, -0.2) is 41.2 Å². The third kappa shape index (κ3) is 4.60. The first-order valence-electron chi connectivity index (χ1n) is 13.1. The number of ether oxygens (including phenoxy) is 1. The Labute approximate surface area is 220 Å². The lowest BCUT2D eigenvalue weighted by Gasteiger charge is -2.37. The molecule has 1 aliphatic carbocycles. The summed E-state index contributed by atoms with van der Waals surface area (Å²) in [5.74, 6) is 0.919. The zero-order chi connectivity index (χ0) is 26.2. The van der Waals surface area contributed by atoms with Crippen molar-refractivity contribution in [3.05, 3.63) is 101 Å². The second-order valence-electron chi connectivity index (χ2n) is 10.2. The molecule has 7 heteroatoms. The van der Waals surface area contributed by atoms with Gasteiger partial charge < -0.3 is 9.14 Å². The molecule has 1 fully saturated rings. The predicted molar refractivity (Wildman–Crippen MR) is 143 cm³/mol. The maximum absolute atomic E-state index is 14.1. The molecule has 38 heavy (non-hydrogen) atoms. The van der Waals surface area contributed by atoms with E-state index in [1.54, 1.807) is 13.2 Å². The van der Waals surface area contributed by atoms with Crippen molar-refractivity contribution in [2.45, 2.75) is 32.2 Å². The number of likely N-dealkylation sites (tertiary alicyclic amines) is 1. The number of aromatic nitrogens is 2. The van der Waals surface area contributed by atoms with E-state index < -0.39 is 6.43 Å². The third-order valence-electron chi connectivity index (χ3n) is 7.71. The maximum atomic E-state index is 14.1. The van der Waals surface area contributed by atoms with Crippen molar-refractivity contribution in [3.63, 3.8) is 0 Å². The van der Waals surface area contributed by atoms with Gasteiger partial charge in [0.25, 0.3) is 6.43 Å². The van der Waals surface area contributed by atoms with E-state index in [4.69, 9.17) is 9.72 Å². The Hall–Kier alpha value is -3.58. The van der Waals surface area contributed by atoms with Gasteiger partial charge in [0.2, 0.25) is 0 Å². The topological polar surface area (TPSA) is 29.8 Å². The summed E-state index contributed by atoms with van der Waals surface area (Å²) in [6.45, 7) is 1.93. The Kier molecular flexibility index (Phi) is 6.70. The molecule has 0 unspecified atom stereocenters. The first-order chi connectivity index (χ1) is 18.5. The van der Waals surface area contributed by atoms with Gasteiger partial charge in [-0.2, -0.15) is 0 Å². The fourth-order valence-electron chi connectivity index (χ4n) is 5.85. The van der Waals surface area contributed by atoms with Gasteiger partial charge in [-0.3, -0.25) is 9.29 Å². The van der Waals surface area contributed by atoms with Gasteiger partial charge in [0.15, 0.2) is 0 Å². The van der Waals surface area contributed by atoms with Gasteiger partial charge >= 0.3 is 0 Å². The smallest absolute Gasteiger partial charge is 0.264 e. The summed E-state index contributed by atoms with van der Waals surface area (Å²) >= 11 is 0. The second-order valence-corrected chi connectivity index (χ2v) is 10.2. The fourth-order valence-corrected chi connectivity index (χ4v) is 5.85. The molecule has 4 nitrogen and oxygen atoms in total. The predicted octanol–water partition coefficient (Wildman–Crippen LogP) is 6.98. The number of allylic oxidation sites excluding steroid dienone is 1. The summed E-state index contributed by atoms with van der Waals surface area (Å²) in [5.41, 5.74) is 7.42. The van der Waals surface area contributed by atoms with Crippen LogP contribution in [0.25, 0.3) is 16.8 Å². The summed E-state index contributed by atoms with van der Waals surface area (Å²) in [5, 5.41) is 0. The molecule has 2 aromatic heterocycles. The molecule has 6 rings (SSSR count). The van der Waals surface area contributed by atoms with E-state index in [-0.39, 0.29) is 18.2 Å². The molecule has 0 atom stereocenters. The number of pyridine rings is 1. The number of benzene rings is 2. The number of fused-ring (bicyclic) bond motifs is 2. The normalized spacial score (nSPS) is 16.6. The molecule has 2 aromatic carbocycles. The van der Waals surface area contributed by atoms with E-state index in [9.17, 15) is 13.2 Å². The van der Waals surface area contributed by atoms with Crippen LogP contribution in [0.15, 0.2) is 67.0 Å². The minimum Gasteiger partial charge on any atom is -0.497 e. The Bertz CT molecular complexity index is 1500. The quantitative estimate of drug-likeness (QED) is 0.265. The zero-order valence-corrected chi connectivity index (χ0v) is 21.3. The maximum Gasteiger partial charge on any atom is 0.264 e. The molecular weight excluding hydrogens is 487 g/mol. The van der Waals surface area contributed by atoms with Crippen molar-refractivity contribution >= 4 is 16.8 Å². The second kappa shape index (κ2) is 10.3. The Morgan fingerprint density at radius 1 is 1.03 bits per heavy atom. The van der Waals surface area contributed by atoms with E-state index >= 15 is 0 Å². The monoisotopic (exact) mass is 517 g/mol. The van der Waals surface area contributed by atoms with Crippen molar-refractivity contribution in [2.24, 2.45) is 5.92 Å². The van der Waals surface area contributed by atoms with Gasteiger partial charge in [0.1, 0.15) is 11.4 Å². The number of imidazole rings is 1. The molecule has 0 radical (unpaired) electrons. The number of hydrogen-bond donors (Lipinski definition) is 0. The number of aryl methyl sites for hydroxylation is 1. The van der Waals surface area contributed by atoms with Gasteiger partial charge in [0.05, 0.1) is 19.5 Å². The number of alkyl halides is 3. The van der Waals surface area contributed by atoms with Gasteiger partial charge in [-0.05, 0) is 76.9 Å². The lowest BCUT2D eigenvalue weighted by atomic mass is 9.86. The summed E-state index contributed by atoms with van der Waals surface area (Å²) in [4.78, 5) is 7.05. The van der Waals surface area contributed by atoms with Crippen LogP contribution in [0.2, 0.25) is 0 Å². The average molecular weight is 518 g/mol. The molecule has 1 aliphatic heterocycles. The van der Waals surface area contributed by atoms with E-state index in [1.807, 2.05) is 53.2 Å². The molecule has 0 N–H and O–H groups in total. The molecule has 0 amide bonds. The highest BCUT2D eigenvalue weighted by Gasteiger charge is 2.27. The molecule has 0 spiro atoms. The highest BCUT2D eigenvalue weighted by Crippen LogP contribution is 2.43. The molecule has 0 bridgehead atoms. The average Bonchev–Trinajstić information content (AvgIpc) is 3.22. The number of rotatable bonds is 7. The van der Waals surface area contributed by atoms with Crippen molar-refractivity contribution in [1.82, 2.24) is 14.3 Å². The van der Waals surface area contributed by atoms with E-state index in [0.29, 0.717) is 18.5 Å². The molecule has 2 aliphatic rings. The third-order valence-corrected chi connectivity index (χ3v) is 7.71. The Balaban J connectivity index is 1.48. The molecule has 0 saturated carbocycles. The summed E-state index contributed by atoms with van der Waals surface area (Å²) in [6, 6.07) is 17.0. The molecule has 196 valence electrons. The van der Waals surface area contributed by atoms with Crippen LogP contribution in [-0.2, 0) is 13.0 Å². The van der Waals surface area contributed by atoms with E-state index in [0.717, 1.165) is 70.9 Å². The molecule has 1 saturated heterocycles. The largest absolute Gasteiger partial charge is 0.497 e. The van der Waals surface area contributed by atoms with E-state index in [2.05, 4.69) is 11.0 Å². The standard InChI is InChI=1S/C31H30F3N3O/c1-38-24-9-10-25-21(13-24)5-4-8-27(26-6-2-3-7-28(26)31(33)34)30(25)22-11-12-37-19-23(35-29(37)14-22)18-36-16-20(15-32)17-36/h2-3,6-7,9-14,19-20,31H,4-5,8,15-18H2,1H3. The van der Waals surface area contributed by atoms with Crippen LogP contribution < -0.4 is 4.74 Å². The van der Waals surface area contributed by atoms with E-state index in [1.165, 1.54) is 6.07 Å². The first-order valence-corrected chi connectivity index (χ1v) is 13.1. The summed E-state index contributed by atoms with van der Waals surface area (Å²) in [6.07, 6.45) is 3.80. The highest BCUT2D eigenvalue weighted by molar-refractivity contribution is 6.00. The van der Waals surface area contributed by atoms with Gasteiger partial charge in [-0.15, -0.1) is 0 Å². The molecule has 3 heterocycles. The van der Waals surface area contributed by atoms with Gasteiger partial charge in [-0.1, -0.05) is 30.3 Å². The summed E-state index contributed by atoms with van der Waals surface area (Å²) in [7, 11) is 1.65. The van der Waals surface area contributed by atoms with Crippen LogP contribution in [0.4, 0.5) is 13.2 Å². The van der Waals surface area contributed by atoms with Crippen LogP contribution in [0.1, 0.15) is 52.8 Å². The van der Waals surface area contributed by atoms with Crippen molar-refractivity contribution in [2.75, 3.05) is 26.9 Å². The van der Waals surface area contributed by atoms with Crippen molar-refractivity contribution in [1.29, 1.82) is 0 Å². The van der Waals surface area contributed by atoms with Crippen LogP contribution in [0.5, 0.6) is 5.75 Å². The minimum absolute atomic E-state index is 0.0577. The minimum atomic E-state index is -2.56. The summed E-state index contributed by atoms with van der Waals surface area (Å²) < 4.78 is 48.6. The van der Waals surface area contributed by atoms with Crippen LogP contribution in [0, 0.1) is 5.92 Å². The fraction of sp³-hybridized carbons (Fsp3) is 0.323. The zero-order valence-electron chi connectivity index (χ0n) is 21.3. The van der Waals surface area contributed by atoms with Crippen LogP contribution >= 0.6 is 0 Å². The van der Waals surface area contributed by atoms with Gasteiger partial charge in [0, 0.05) is 43.5 Å². The molecule has 4 aromatic rings. The highest BCUT2D eigenvalue weighted by atomic mass is 19.3. The van der Waals surface area contributed by atoms with Crippen molar-refractivity contribution in [3.8, 4) is 5.75 Å². The number of nitrogens with zero attached hydrogens (tertiary/aromatic N) is 3. The Morgan fingerprint density at radius 3 is 2.66 bits per heavy atom. The number of hydrogen-bond acceptors (Lipinski definition) is 3.